The lowest BCUT2D eigenvalue weighted by atomic mass is 10.1. The van der Waals surface area contributed by atoms with Gasteiger partial charge >= 0.3 is 5.97 Å². The number of nitrogens with zero attached hydrogens (tertiary/aromatic N) is 2. The second kappa shape index (κ2) is 11.4. The van der Waals surface area contributed by atoms with Gasteiger partial charge in [-0.25, -0.2) is 8.42 Å². The molecule has 2 atom stereocenters. The zero-order chi connectivity index (χ0) is 26.7. The van der Waals surface area contributed by atoms with Gasteiger partial charge in [-0.2, -0.15) is 9.19 Å². The number of hydrogen-bond donors (Lipinski definition) is 3. The molecule has 0 aliphatic carbocycles. The van der Waals surface area contributed by atoms with Crippen molar-refractivity contribution in [3.05, 3.63) is 75.5 Å². The highest BCUT2D eigenvalue weighted by atomic mass is 35.5. The minimum Gasteiger partial charge on any atom is -0.508 e. The van der Waals surface area contributed by atoms with E-state index in [4.69, 9.17) is 23.2 Å². The number of carboxylic acid groups (broad SMARTS) is 1. The Morgan fingerprint density at radius 2 is 1.86 bits per heavy atom. The second-order valence-electron chi connectivity index (χ2n) is 8.55. The third-order valence-corrected chi connectivity index (χ3v) is 9.61. The van der Waals surface area contributed by atoms with Crippen molar-refractivity contribution >= 4 is 51.6 Å². The van der Waals surface area contributed by atoms with Gasteiger partial charge in [0.25, 0.3) is 10.0 Å². The second-order valence-corrected chi connectivity index (χ2v) is 14.4. The Hall–Kier alpha value is -2.36. The molecule has 1 aromatic heterocycles. The van der Waals surface area contributed by atoms with Crippen LogP contribution in [-0.2, 0) is 38.8 Å². The van der Waals surface area contributed by atoms with Gasteiger partial charge in [0.15, 0.2) is 0 Å². The zero-order valence-electron chi connectivity index (χ0n) is 19.6. The van der Waals surface area contributed by atoms with Crippen LogP contribution in [0.1, 0.15) is 16.8 Å². The molecule has 3 rings (SSSR count). The Balaban J connectivity index is 1.67. The number of carbonyl (C=O) groups is 1. The lowest BCUT2D eigenvalue weighted by Gasteiger charge is -2.17. The van der Waals surface area contributed by atoms with E-state index in [1.54, 1.807) is 30.9 Å². The van der Waals surface area contributed by atoms with Crippen molar-refractivity contribution in [3.63, 3.8) is 0 Å². The molecule has 1 heterocycles. The van der Waals surface area contributed by atoms with Gasteiger partial charge in [-0.15, -0.1) is 0 Å². The minimum atomic E-state index is -3.57. The van der Waals surface area contributed by atoms with Crippen molar-refractivity contribution in [2.75, 3.05) is 19.1 Å². The topological polar surface area (TPSA) is 139 Å². The molecule has 13 heteroatoms. The van der Waals surface area contributed by atoms with E-state index in [9.17, 15) is 28.0 Å². The van der Waals surface area contributed by atoms with Crippen molar-refractivity contribution in [2.24, 2.45) is 0 Å². The summed E-state index contributed by atoms with van der Waals surface area (Å²) >= 11 is 12.9. The number of aliphatic carboxylic acids is 1. The third kappa shape index (κ3) is 7.33. The van der Waals surface area contributed by atoms with Crippen LogP contribution in [0.2, 0.25) is 10.0 Å². The summed E-state index contributed by atoms with van der Waals surface area (Å²) < 4.78 is 37.1. The van der Waals surface area contributed by atoms with E-state index in [0.29, 0.717) is 39.2 Å². The molecule has 194 valence electrons. The Bertz CT molecular complexity index is 1400. The monoisotopic (exact) mass is 573 g/mol. The van der Waals surface area contributed by atoms with Gasteiger partial charge in [0.05, 0.1) is 11.9 Å². The Labute approximate surface area is 219 Å². The van der Waals surface area contributed by atoms with Gasteiger partial charge in [0.2, 0.25) is 0 Å². The molecule has 36 heavy (non-hydrogen) atoms. The lowest BCUT2D eigenvalue weighted by molar-refractivity contribution is -0.139. The number of aromatic hydroxyl groups is 1. The average Bonchev–Trinajstić information content (AvgIpc) is 3.25. The summed E-state index contributed by atoms with van der Waals surface area (Å²) in [6.45, 7) is 1.71. The molecule has 0 saturated carbocycles. The highest BCUT2D eigenvalue weighted by molar-refractivity contribution is 7.89. The van der Waals surface area contributed by atoms with Gasteiger partial charge in [-0.3, -0.25) is 10.1 Å². The molecule has 9 nitrogen and oxygen atoms in total. The smallest absolute Gasteiger partial charge is 0.321 e. The number of halogens is 2. The van der Waals surface area contributed by atoms with E-state index >= 15 is 0 Å². The fourth-order valence-corrected chi connectivity index (χ4v) is 6.50. The molecule has 0 aliphatic heterocycles. The summed E-state index contributed by atoms with van der Waals surface area (Å²) in [6.07, 6.45) is 2.99. The lowest BCUT2D eigenvalue weighted by Crippen LogP contribution is -2.38. The number of phenols is 1. The Kier molecular flexibility index (Phi) is 8.90. The Morgan fingerprint density at radius 1 is 1.19 bits per heavy atom. The summed E-state index contributed by atoms with van der Waals surface area (Å²) in [6, 6.07) is 10.2. The van der Waals surface area contributed by atoms with Crippen molar-refractivity contribution in [3.8, 4) is 5.75 Å². The van der Waals surface area contributed by atoms with E-state index in [2.05, 4.69) is 10.4 Å². The molecule has 3 N–H and O–H groups in total. The molecule has 0 fully saturated rings. The number of aromatic nitrogens is 2. The summed E-state index contributed by atoms with van der Waals surface area (Å²) in [4.78, 5) is 11.7. The molecule has 2 unspecified atom stereocenters. The van der Waals surface area contributed by atoms with Crippen LogP contribution in [0.25, 0.3) is 0 Å². The number of phenolic OH excluding ortho intramolecular Hbond substituents is 1. The fourth-order valence-electron chi connectivity index (χ4n) is 3.55. The van der Waals surface area contributed by atoms with Gasteiger partial charge < -0.3 is 14.8 Å². The number of hydrogen-bond acceptors (Lipinski definition) is 7. The number of aryl methyl sites for hydroxylation is 1. The van der Waals surface area contributed by atoms with E-state index in [1.807, 2.05) is 0 Å². The quantitative estimate of drug-likeness (QED) is 0.297. The van der Waals surface area contributed by atoms with Crippen LogP contribution in [0.5, 0.6) is 5.75 Å². The van der Waals surface area contributed by atoms with E-state index in [0.717, 1.165) is 15.9 Å². The molecule has 0 amide bonds. The van der Waals surface area contributed by atoms with Crippen LogP contribution in [-0.4, -0.2) is 58.9 Å². The van der Waals surface area contributed by atoms with Crippen LogP contribution >= 0.6 is 30.3 Å². The molecule has 0 bridgehead atoms. The van der Waals surface area contributed by atoms with E-state index in [1.165, 1.54) is 24.4 Å². The van der Waals surface area contributed by atoms with Crippen LogP contribution in [0.15, 0.2) is 48.7 Å². The number of rotatable bonds is 11. The summed E-state index contributed by atoms with van der Waals surface area (Å²) in [5.74, 6) is -1.08. The predicted molar refractivity (Wildman–Crippen MR) is 141 cm³/mol. The fraction of sp³-hybridized carbons (Fsp3) is 0.304. The number of carboxylic acids is 1. The first-order valence-corrected chi connectivity index (χ1v) is 15.7. The molecule has 0 aliphatic rings. The average molecular weight is 574 g/mol. The molecule has 0 spiro atoms. The first-order valence-electron chi connectivity index (χ1n) is 10.8. The maximum absolute atomic E-state index is 13.1. The van der Waals surface area contributed by atoms with Crippen LogP contribution in [0, 0.1) is 0 Å². The maximum atomic E-state index is 13.1. The zero-order valence-corrected chi connectivity index (χ0v) is 22.8. The van der Waals surface area contributed by atoms with Crippen LogP contribution in [0.4, 0.5) is 0 Å². The molecule has 0 saturated heterocycles. The SMILES string of the molecule is CP(=O)(CCc1cc(Cl)c(CNC(Cc2ccn(S(C)(=O)=O)n2)C(=O)O)c(Cl)c1)c1cccc(O)c1. The number of nitrogens with one attached hydrogen (secondary N) is 1. The number of benzene rings is 2. The third-order valence-electron chi connectivity index (χ3n) is 5.60. The van der Waals surface area contributed by atoms with Crippen LogP contribution in [0.3, 0.4) is 0 Å². The largest absolute Gasteiger partial charge is 0.508 e. The Morgan fingerprint density at radius 3 is 2.42 bits per heavy atom. The normalized spacial score (nSPS) is 14.3. The minimum absolute atomic E-state index is 0.0496. The van der Waals surface area contributed by atoms with Crippen LogP contribution < -0.4 is 10.6 Å². The molecule has 0 radical (unpaired) electrons. The first-order chi connectivity index (χ1) is 16.8. The first kappa shape index (κ1) is 28.2. The van der Waals surface area contributed by atoms with Gasteiger partial charge in [-0.05, 0) is 49.0 Å². The summed E-state index contributed by atoms with van der Waals surface area (Å²) in [5, 5.41) is 27.3. The van der Waals surface area contributed by atoms with Crippen molar-refractivity contribution in [1.82, 2.24) is 14.5 Å². The summed E-state index contributed by atoms with van der Waals surface area (Å²) in [7, 11) is -6.29. The highest BCUT2D eigenvalue weighted by Crippen LogP contribution is 2.41. The van der Waals surface area contributed by atoms with Gasteiger partial charge in [-0.1, -0.05) is 35.3 Å². The van der Waals surface area contributed by atoms with Crippen molar-refractivity contribution < 1.29 is 28.0 Å². The molecular weight excluding hydrogens is 548 g/mol. The van der Waals surface area contributed by atoms with E-state index < -0.39 is 29.2 Å². The highest BCUT2D eigenvalue weighted by Gasteiger charge is 2.22. The molecule has 2 aromatic carbocycles. The standard InChI is InChI=1S/C23H26Cl2N3O6PS/c1-35(32,18-5-3-4-17(29)13-18)9-7-15-10-20(24)19(21(25)11-15)14-26-22(23(30)31)12-16-6-8-28(27-16)36(2,33)34/h3-6,8,10-11,13,22,26,29H,7,9,12,14H2,1-2H3,(H,30,31). The molecule has 3 aromatic rings. The maximum Gasteiger partial charge on any atom is 0.321 e. The van der Waals surface area contributed by atoms with Gasteiger partial charge in [0.1, 0.15) is 18.9 Å². The van der Waals surface area contributed by atoms with Gasteiger partial charge in [0, 0.05) is 46.2 Å². The predicted octanol–water partition coefficient (Wildman–Crippen LogP) is 3.35. The van der Waals surface area contributed by atoms with Crippen molar-refractivity contribution in [2.45, 2.75) is 25.4 Å². The summed E-state index contributed by atoms with van der Waals surface area (Å²) in [5.41, 5.74) is 1.57. The van der Waals surface area contributed by atoms with Crippen molar-refractivity contribution in [1.29, 1.82) is 0 Å². The van der Waals surface area contributed by atoms with E-state index in [-0.39, 0.29) is 18.7 Å². The molecular formula is C23H26Cl2N3O6PS.